The molecule has 0 amide bonds. The third-order valence-electron chi connectivity index (χ3n) is 2.36. The van der Waals surface area contributed by atoms with Crippen molar-refractivity contribution in [2.45, 2.75) is 26.2 Å². The van der Waals surface area contributed by atoms with Crippen LogP contribution in [0.25, 0.3) is 11.5 Å². The topological polar surface area (TPSA) is 26.0 Å². The average Bonchev–Trinajstić information content (AvgIpc) is 2.76. The van der Waals surface area contributed by atoms with Crippen molar-refractivity contribution in [2.24, 2.45) is 0 Å². The van der Waals surface area contributed by atoms with E-state index in [4.69, 9.17) is 4.42 Å². The maximum atomic E-state index is 5.71. The second kappa shape index (κ2) is 4.78. The van der Waals surface area contributed by atoms with Crippen molar-refractivity contribution in [3.05, 3.63) is 42.3 Å². The summed E-state index contributed by atoms with van der Waals surface area (Å²) in [6, 6.07) is 9.87. The number of rotatable bonds is 4. The SMILES string of the molecule is CCCCc1ccc(-c2ccccn2)o1. The zero-order valence-electron chi connectivity index (χ0n) is 8.94. The van der Waals surface area contributed by atoms with Crippen molar-refractivity contribution in [2.75, 3.05) is 0 Å². The fourth-order valence-electron chi connectivity index (χ4n) is 1.51. The van der Waals surface area contributed by atoms with E-state index in [9.17, 15) is 0 Å². The highest BCUT2D eigenvalue weighted by molar-refractivity contribution is 5.51. The summed E-state index contributed by atoms with van der Waals surface area (Å²) < 4.78 is 5.71. The average molecular weight is 201 g/mol. The molecule has 2 heteroatoms. The van der Waals surface area contributed by atoms with Crippen molar-refractivity contribution in [1.82, 2.24) is 4.98 Å². The van der Waals surface area contributed by atoms with Crippen LogP contribution in [0, 0.1) is 0 Å². The van der Waals surface area contributed by atoms with Crippen molar-refractivity contribution in [3.63, 3.8) is 0 Å². The minimum absolute atomic E-state index is 0.863. The van der Waals surface area contributed by atoms with Crippen molar-refractivity contribution < 1.29 is 4.42 Å². The monoisotopic (exact) mass is 201 g/mol. The van der Waals surface area contributed by atoms with Crippen LogP contribution >= 0.6 is 0 Å². The van der Waals surface area contributed by atoms with Gasteiger partial charge in [-0.3, -0.25) is 4.98 Å². The fraction of sp³-hybridized carbons (Fsp3) is 0.308. The number of furan rings is 1. The molecule has 0 aliphatic rings. The van der Waals surface area contributed by atoms with Crippen LogP contribution in [-0.4, -0.2) is 4.98 Å². The summed E-state index contributed by atoms with van der Waals surface area (Å²) in [4.78, 5) is 4.25. The predicted octanol–water partition coefficient (Wildman–Crippen LogP) is 3.68. The van der Waals surface area contributed by atoms with Gasteiger partial charge in [0.2, 0.25) is 0 Å². The second-order valence-corrected chi connectivity index (χ2v) is 3.58. The van der Waals surface area contributed by atoms with Gasteiger partial charge in [-0.1, -0.05) is 19.4 Å². The Labute approximate surface area is 90.0 Å². The largest absolute Gasteiger partial charge is 0.459 e. The zero-order valence-corrected chi connectivity index (χ0v) is 8.94. The van der Waals surface area contributed by atoms with Gasteiger partial charge in [0.25, 0.3) is 0 Å². The molecule has 0 saturated carbocycles. The Hall–Kier alpha value is -1.57. The van der Waals surface area contributed by atoms with Gasteiger partial charge in [0, 0.05) is 12.6 Å². The Balaban J connectivity index is 2.14. The molecule has 2 aromatic rings. The molecule has 0 spiro atoms. The van der Waals surface area contributed by atoms with E-state index in [2.05, 4.69) is 11.9 Å². The van der Waals surface area contributed by atoms with Crippen LogP contribution in [0.3, 0.4) is 0 Å². The van der Waals surface area contributed by atoms with Crippen molar-refractivity contribution >= 4 is 0 Å². The Kier molecular flexibility index (Phi) is 3.18. The number of nitrogens with zero attached hydrogens (tertiary/aromatic N) is 1. The van der Waals surface area contributed by atoms with Crippen LogP contribution in [-0.2, 0) is 6.42 Å². The minimum Gasteiger partial charge on any atom is -0.459 e. The summed E-state index contributed by atoms with van der Waals surface area (Å²) in [5, 5.41) is 0. The fourth-order valence-corrected chi connectivity index (χ4v) is 1.51. The summed E-state index contributed by atoms with van der Waals surface area (Å²) in [6.07, 6.45) is 5.17. The van der Waals surface area contributed by atoms with Crippen LogP contribution in [0.2, 0.25) is 0 Å². The third kappa shape index (κ3) is 2.46. The normalized spacial score (nSPS) is 10.5. The molecule has 0 aromatic carbocycles. The van der Waals surface area contributed by atoms with Crippen LogP contribution in [0.1, 0.15) is 25.5 Å². The second-order valence-electron chi connectivity index (χ2n) is 3.58. The molecule has 2 aromatic heterocycles. The van der Waals surface area contributed by atoms with Crippen LogP contribution < -0.4 is 0 Å². The van der Waals surface area contributed by atoms with Gasteiger partial charge in [0.1, 0.15) is 11.5 Å². The van der Waals surface area contributed by atoms with Crippen LogP contribution in [0.4, 0.5) is 0 Å². The van der Waals surface area contributed by atoms with E-state index < -0.39 is 0 Å². The molecule has 0 atom stereocenters. The van der Waals surface area contributed by atoms with E-state index in [1.165, 1.54) is 12.8 Å². The van der Waals surface area contributed by atoms with Crippen molar-refractivity contribution in [3.8, 4) is 11.5 Å². The Morgan fingerprint density at radius 1 is 1.20 bits per heavy atom. The van der Waals surface area contributed by atoms with E-state index >= 15 is 0 Å². The molecule has 0 unspecified atom stereocenters. The molecule has 2 nitrogen and oxygen atoms in total. The Bertz CT molecular complexity index is 405. The molecule has 0 fully saturated rings. The summed E-state index contributed by atoms with van der Waals surface area (Å²) in [7, 11) is 0. The Morgan fingerprint density at radius 2 is 2.13 bits per heavy atom. The maximum absolute atomic E-state index is 5.71. The maximum Gasteiger partial charge on any atom is 0.152 e. The van der Waals surface area contributed by atoms with Gasteiger partial charge in [0.15, 0.2) is 5.76 Å². The number of aromatic nitrogens is 1. The molecule has 0 aliphatic heterocycles. The first-order valence-electron chi connectivity index (χ1n) is 5.40. The Morgan fingerprint density at radius 3 is 2.87 bits per heavy atom. The number of aryl methyl sites for hydroxylation is 1. The molecule has 0 N–H and O–H groups in total. The minimum atomic E-state index is 0.863. The standard InChI is InChI=1S/C13H15NO/c1-2-3-6-11-8-9-13(15-11)12-7-4-5-10-14-12/h4-5,7-10H,2-3,6H2,1H3. The van der Waals surface area contributed by atoms with Gasteiger partial charge in [0.05, 0.1) is 0 Å². The lowest BCUT2D eigenvalue weighted by Crippen LogP contribution is -1.80. The molecule has 0 bridgehead atoms. The van der Waals surface area contributed by atoms with Gasteiger partial charge in [-0.25, -0.2) is 0 Å². The first-order chi connectivity index (χ1) is 7.40. The van der Waals surface area contributed by atoms with Gasteiger partial charge >= 0.3 is 0 Å². The van der Waals surface area contributed by atoms with Gasteiger partial charge < -0.3 is 4.42 Å². The van der Waals surface area contributed by atoms with E-state index in [0.717, 1.165) is 23.6 Å². The highest BCUT2D eigenvalue weighted by Gasteiger charge is 2.04. The van der Waals surface area contributed by atoms with Crippen molar-refractivity contribution in [1.29, 1.82) is 0 Å². The summed E-state index contributed by atoms with van der Waals surface area (Å²) >= 11 is 0. The molecular formula is C13H15NO. The van der Waals surface area contributed by atoms with E-state index in [-0.39, 0.29) is 0 Å². The van der Waals surface area contributed by atoms with Crippen LogP contribution in [0.5, 0.6) is 0 Å². The quantitative estimate of drug-likeness (QED) is 0.754. The summed E-state index contributed by atoms with van der Waals surface area (Å²) in [5.74, 6) is 1.92. The smallest absolute Gasteiger partial charge is 0.152 e. The highest BCUT2D eigenvalue weighted by atomic mass is 16.3. The molecule has 0 radical (unpaired) electrons. The van der Waals surface area contributed by atoms with Gasteiger partial charge in [-0.2, -0.15) is 0 Å². The lowest BCUT2D eigenvalue weighted by Gasteiger charge is -1.95. The lowest BCUT2D eigenvalue weighted by molar-refractivity contribution is 0.511. The molecule has 78 valence electrons. The molecule has 2 heterocycles. The van der Waals surface area contributed by atoms with Gasteiger partial charge in [-0.05, 0) is 30.7 Å². The molecule has 2 rings (SSSR count). The molecular weight excluding hydrogens is 186 g/mol. The molecule has 15 heavy (non-hydrogen) atoms. The van der Waals surface area contributed by atoms with E-state index in [1.807, 2.05) is 30.3 Å². The summed E-state index contributed by atoms with van der Waals surface area (Å²) in [5.41, 5.74) is 0.903. The number of pyridine rings is 1. The predicted molar refractivity (Wildman–Crippen MR) is 60.6 cm³/mol. The van der Waals surface area contributed by atoms with E-state index in [0.29, 0.717) is 0 Å². The first-order valence-corrected chi connectivity index (χ1v) is 5.40. The third-order valence-corrected chi connectivity index (χ3v) is 2.36. The number of hydrogen-bond donors (Lipinski definition) is 0. The number of hydrogen-bond acceptors (Lipinski definition) is 2. The lowest BCUT2D eigenvalue weighted by atomic mass is 10.2. The molecule has 0 aliphatic carbocycles. The number of unbranched alkanes of at least 4 members (excludes halogenated alkanes) is 1. The first kappa shape index (κ1) is 9.97. The summed E-state index contributed by atoms with van der Waals surface area (Å²) in [6.45, 7) is 2.18. The molecule has 0 saturated heterocycles. The van der Waals surface area contributed by atoms with E-state index in [1.54, 1.807) is 6.20 Å². The zero-order chi connectivity index (χ0) is 10.5. The highest BCUT2D eigenvalue weighted by Crippen LogP contribution is 2.20. The van der Waals surface area contributed by atoms with Crippen LogP contribution in [0.15, 0.2) is 40.9 Å². The van der Waals surface area contributed by atoms with Gasteiger partial charge in [-0.15, -0.1) is 0 Å².